The Labute approximate surface area is 146 Å². The first-order valence-corrected chi connectivity index (χ1v) is 8.86. The summed E-state index contributed by atoms with van der Waals surface area (Å²) in [6.07, 6.45) is 5.23. The predicted octanol–water partition coefficient (Wildman–Crippen LogP) is 3.27. The number of terminal acetylenes is 1. The van der Waals surface area contributed by atoms with E-state index in [1.165, 1.54) is 23.1 Å². The van der Waals surface area contributed by atoms with E-state index in [1.54, 1.807) is 19.1 Å². The fourth-order valence-electron chi connectivity index (χ4n) is 2.23. The Hall–Kier alpha value is -2.56. The summed E-state index contributed by atoms with van der Waals surface area (Å²) in [5.41, 5.74) is 1.07. The number of aryl methyl sites for hydroxylation is 1. The highest BCUT2D eigenvalue weighted by Crippen LogP contribution is 2.28. The zero-order valence-electron chi connectivity index (χ0n) is 12.8. The molecule has 0 fully saturated rings. The smallest absolute Gasteiger partial charge is 0.266 e. The van der Waals surface area contributed by atoms with Crippen LogP contribution in [0.5, 0.6) is 0 Å². The molecular formula is C17H13N3O2S2. The van der Waals surface area contributed by atoms with Crippen LogP contribution in [0.1, 0.15) is 15.2 Å². The minimum absolute atomic E-state index is 0.251. The first-order valence-electron chi connectivity index (χ1n) is 7.06. The minimum Gasteiger partial charge on any atom is -0.321 e. The molecule has 1 aromatic carbocycles. The number of benzene rings is 1. The Morgan fingerprint density at radius 3 is 2.88 bits per heavy atom. The molecule has 0 saturated carbocycles. The van der Waals surface area contributed by atoms with Gasteiger partial charge in [0.1, 0.15) is 4.83 Å². The van der Waals surface area contributed by atoms with Gasteiger partial charge in [-0.1, -0.05) is 35.9 Å². The second kappa shape index (κ2) is 6.91. The molecule has 2 aromatic heterocycles. The number of hydrogen-bond acceptors (Lipinski definition) is 5. The number of anilines is 1. The van der Waals surface area contributed by atoms with Crippen molar-refractivity contribution in [3.05, 3.63) is 51.1 Å². The lowest BCUT2D eigenvalue weighted by Gasteiger charge is -2.03. The topological polar surface area (TPSA) is 74.8 Å². The number of para-hydroxylation sites is 1. The van der Waals surface area contributed by atoms with Crippen LogP contribution in [0, 0.1) is 19.3 Å². The van der Waals surface area contributed by atoms with Crippen LogP contribution in [0.4, 0.5) is 5.69 Å². The molecule has 3 aromatic rings. The summed E-state index contributed by atoms with van der Waals surface area (Å²) in [7, 11) is 0. The largest absolute Gasteiger partial charge is 0.321 e. The van der Waals surface area contributed by atoms with Crippen molar-refractivity contribution in [2.75, 3.05) is 11.1 Å². The lowest BCUT2D eigenvalue weighted by atomic mass is 10.2. The first kappa shape index (κ1) is 16.3. The van der Waals surface area contributed by atoms with Crippen molar-refractivity contribution in [1.82, 2.24) is 9.97 Å². The van der Waals surface area contributed by atoms with Crippen molar-refractivity contribution >= 4 is 44.9 Å². The lowest BCUT2D eigenvalue weighted by molar-refractivity contribution is 0.103. The fourth-order valence-corrected chi connectivity index (χ4v) is 3.90. The molecule has 0 aliphatic heterocycles. The van der Waals surface area contributed by atoms with E-state index in [-0.39, 0.29) is 11.5 Å². The Morgan fingerprint density at radius 2 is 2.17 bits per heavy atom. The van der Waals surface area contributed by atoms with Crippen molar-refractivity contribution < 1.29 is 4.79 Å². The number of thioether (sulfide) groups is 1. The Morgan fingerprint density at radius 1 is 1.42 bits per heavy atom. The first-order chi connectivity index (χ1) is 11.6. The maximum Gasteiger partial charge on any atom is 0.266 e. The summed E-state index contributed by atoms with van der Waals surface area (Å²) in [6.45, 7) is 1.75. The zero-order valence-corrected chi connectivity index (χ0v) is 14.4. The highest BCUT2D eigenvalue weighted by Gasteiger charge is 2.19. The van der Waals surface area contributed by atoms with Crippen LogP contribution in [-0.4, -0.2) is 21.6 Å². The standard InChI is InChI=1S/C17H13N3O2S2/c1-3-9-23-17-19-14(21)12-10(2)13(24-16(12)20-17)15(22)18-11-7-5-4-6-8-11/h1,4-8H,9H2,2H3,(H,18,22)(H,19,20,21). The predicted molar refractivity (Wildman–Crippen MR) is 98.9 cm³/mol. The van der Waals surface area contributed by atoms with Gasteiger partial charge < -0.3 is 10.3 Å². The van der Waals surface area contributed by atoms with Gasteiger partial charge in [-0.3, -0.25) is 9.59 Å². The van der Waals surface area contributed by atoms with E-state index in [4.69, 9.17) is 6.42 Å². The number of hydrogen-bond donors (Lipinski definition) is 2. The number of fused-ring (bicyclic) bond motifs is 1. The molecule has 2 N–H and O–H groups in total. The number of rotatable bonds is 4. The van der Waals surface area contributed by atoms with Crippen molar-refractivity contribution in [2.45, 2.75) is 12.1 Å². The summed E-state index contributed by atoms with van der Waals surface area (Å²) >= 11 is 2.48. The average Bonchev–Trinajstić information content (AvgIpc) is 2.91. The van der Waals surface area contributed by atoms with Gasteiger partial charge in [-0.25, -0.2) is 4.98 Å². The molecule has 2 heterocycles. The van der Waals surface area contributed by atoms with Gasteiger partial charge >= 0.3 is 0 Å². The number of thiophene rings is 1. The SMILES string of the molecule is C#CCSc1nc2sc(C(=O)Nc3ccccc3)c(C)c2c(=O)[nH]1. The van der Waals surface area contributed by atoms with Gasteiger partial charge in [-0.05, 0) is 24.6 Å². The second-order valence-electron chi connectivity index (χ2n) is 4.92. The third kappa shape index (κ3) is 3.20. The summed E-state index contributed by atoms with van der Waals surface area (Å²) in [6, 6.07) is 9.17. The lowest BCUT2D eigenvalue weighted by Crippen LogP contribution is -2.12. The maximum absolute atomic E-state index is 12.5. The molecule has 5 nitrogen and oxygen atoms in total. The van der Waals surface area contributed by atoms with Crippen LogP contribution < -0.4 is 10.9 Å². The number of carbonyl (C=O) groups excluding carboxylic acids is 1. The molecule has 0 spiro atoms. The molecule has 120 valence electrons. The van der Waals surface area contributed by atoms with Crippen molar-refractivity contribution in [3.63, 3.8) is 0 Å². The molecule has 0 unspecified atom stereocenters. The number of H-pyrrole nitrogens is 1. The fraction of sp³-hybridized carbons (Fsp3) is 0.118. The quantitative estimate of drug-likeness (QED) is 0.428. The number of nitrogens with zero attached hydrogens (tertiary/aromatic N) is 1. The average molecular weight is 355 g/mol. The minimum atomic E-state index is -0.257. The molecule has 0 aliphatic rings. The van der Waals surface area contributed by atoms with Gasteiger partial charge in [0.2, 0.25) is 0 Å². The maximum atomic E-state index is 12.5. The van der Waals surface area contributed by atoms with Crippen LogP contribution in [0.3, 0.4) is 0 Å². The van der Waals surface area contributed by atoms with E-state index in [0.29, 0.717) is 37.3 Å². The molecule has 0 radical (unpaired) electrons. The van der Waals surface area contributed by atoms with Gasteiger partial charge in [0, 0.05) is 5.69 Å². The van der Waals surface area contributed by atoms with E-state index >= 15 is 0 Å². The Balaban J connectivity index is 1.99. The summed E-state index contributed by atoms with van der Waals surface area (Å²) in [5.74, 6) is 2.65. The molecule has 0 bridgehead atoms. The van der Waals surface area contributed by atoms with E-state index in [0.717, 1.165) is 0 Å². The van der Waals surface area contributed by atoms with Crippen LogP contribution >= 0.6 is 23.1 Å². The summed E-state index contributed by atoms with van der Waals surface area (Å²) < 4.78 is 0. The normalized spacial score (nSPS) is 10.5. The number of nitrogens with one attached hydrogen (secondary N) is 2. The second-order valence-corrected chi connectivity index (χ2v) is 6.88. The van der Waals surface area contributed by atoms with E-state index < -0.39 is 0 Å². The molecule has 3 rings (SSSR count). The van der Waals surface area contributed by atoms with Gasteiger partial charge in [0.05, 0.1) is 16.0 Å². The molecule has 0 saturated heterocycles. The number of aromatic nitrogens is 2. The highest BCUT2D eigenvalue weighted by atomic mass is 32.2. The Kier molecular flexibility index (Phi) is 4.69. The molecular weight excluding hydrogens is 342 g/mol. The Bertz CT molecular complexity index is 1000. The van der Waals surface area contributed by atoms with Crippen LogP contribution in [0.25, 0.3) is 10.2 Å². The van der Waals surface area contributed by atoms with Crippen molar-refractivity contribution in [1.29, 1.82) is 0 Å². The molecule has 0 aliphatic carbocycles. The molecule has 7 heteroatoms. The van der Waals surface area contributed by atoms with Crippen LogP contribution in [-0.2, 0) is 0 Å². The highest BCUT2D eigenvalue weighted by molar-refractivity contribution is 7.99. The van der Waals surface area contributed by atoms with Crippen LogP contribution in [0.2, 0.25) is 0 Å². The van der Waals surface area contributed by atoms with Crippen LogP contribution in [0.15, 0.2) is 40.3 Å². The number of aromatic amines is 1. The molecule has 1 amide bonds. The molecule has 0 atom stereocenters. The number of carbonyl (C=O) groups is 1. The van der Waals surface area contributed by atoms with Crippen molar-refractivity contribution in [3.8, 4) is 12.3 Å². The zero-order chi connectivity index (χ0) is 17.1. The van der Waals surface area contributed by atoms with Crippen molar-refractivity contribution in [2.24, 2.45) is 0 Å². The van der Waals surface area contributed by atoms with Gasteiger partial charge in [-0.2, -0.15) is 0 Å². The number of amides is 1. The van der Waals surface area contributed by atoms with E-state index in [2.05, 4.69) is 21.2 Å². The van der Waals surface area contributed by atoms with E-state index in [1.807, 2.05) is 18.2 Å². The third-order valence-corrected chi connectivity index (χ3v) is 5.27. The monoisotopic (exact) mass is 355 g/mol. The van der Waals surface area contributed by atoms with Gasteiger partial charge in [-0.15, -0.1) is 17.8 Å². The van der Waals surface area contributed by atoms with Gasteiger partial charge in [0.15, 0.2) is 5.16 Å². The third-order valence-electron chi connectivity index (χ3n) is 3.31. The van der Waals surface area contributed by atoms with E-state index in [9.17, 15) is 9.59 Å². The molecule has 24 heavy (non-hydrogen) atoms. The van der Waals surface area contributed by atoms with Gasteiger partial charge in [0.25, 0.3) is 11.5 Å². The summed E-state index contributed by atoms with van der Waals surface area (Å²) in [4.78, 5) is 32.9. The summed E-state index contributed by atoms with van der Waals surface area (Å²) in [5, 5.41) is 3.74.